The number of aryl methyl sites for hydroxylation is 2. The van der Waals surface area contributed by atoms with Gasteiger partial charge < -0.3 is 25.6 Å². The number of hydrogen-bond acceptors (Lipinski definition) is 6. The first-order valence-electron chi connectivity index (χ1n) is 14.4. The SMILES string of the molecule is Cc1cc(N)nc(C)c1CNC(=O)c1ccc2c(c1)C1OC2c2ccc(N3CCN(C(=O)c4ccccc4)CC3)cc21. The molecule has 2 unspecified atom stereocenters. The highest BCUT2D eigenvalue weighted by Crippen LogP contribution is 2.54. The number of ether oxygens (including phenoxy) is 1. The standard InChI is InChI=1S/C34H33N5O3/c1-20-16-30(35)37-21(2)29(20)19-36-33(40)23-8-10-25-27(17-23)32-28-18-24(9-11-26(28)31(25)42-32)38-12-14-39(15-13-38)34(41)22-6-4-3-5-7-22/h3-11,16-18,31-32H,12-15,19H2,1-2H3,(H2,35,37)(H,36,40). The molecule has 8 nitrogen and oxygen atoms in total. The molecular weight excluding hydrogens is 526 g/mol. The molecule has 3 aliphatic rings. The summed E-state index contributed by atoms with van der Waals surface area (Å²) < 4.78 is 6.44. The summed E-state index contributed by atoms with van der Waals surface area (Å²) in [5.41, 5.74) is 15.7. The molecule has 2 bridgehead atoms. The number of carbonyl (C=O) groups excluding carboxylic acids is 2. The van der Waals surface area contributed by atoms with E-state index in [4.69, 9.17) is 10.5 Å². The van der Waals surface area contributed by atoms with Gasteiger partial charge in [-0.3, -0.25) is 9.59 Å². The highest BCUT2D eigenvalue weighted by molar-refractivity contribution is 5.95. The molecule has 1 saturated heterocycles. The molecule has 7 rings (SSSR count). The molecule has 0 spiro atoms. The summed E-state index contributed by atoms with van der Waals surface area (Å²) >= 11 is 0. The van der Waals surface area contributed by atoms with Crippen LogP contribution in [0.4, 0.5) is 11.5 Å². The van der Waals surface area contributed by atoms with Crippen molar-refractivity contribution in [1.82, 2.24) is 15.2 Å². The van der Waals surface area contributed by atoms with Gasteiger partial charge in [0.2, 0.25) is 0 Å². The van der Waals surface area contributed by atoms with E-state index in [-0.39, 0.29) is 24.0 Å². The molecule has 2 amide bonds. The fourth-order valence-corrected chi connectivity index (χ4v) is 6.53. The van der Waals surface area contributed by atoms with Crippen LogP contribution in [0.5, 0.6) is 0 Å². The van der Waals surface area contributed by atoms with Crippen LogP contribution in [0.1, 0.15) is 72.0 Å². The number of aromatic nitrogens is 1. The van der Waals surface area contributed by atoms with E-state index in [1.807, 2.05) is 73.3 Å². The molecule has 2 atom stereocenters. The fraction of sp³-hybridized carbons (Fsp3) is 0.265. The molecule has 212 valence electrons. The van der Waals surface area contributed by atoms with Crippen LogP contribution in [-0.4, -0.2) is 47.9 Å². The molecule has 3 aliphatic heterocycles. The predicted octanol–water partition coefficient (Wildman–Crippen LogP) is 4.70. The summed E-state index contributed by atoms with van der Waals surface area (Å²) in [5.74, 6) is 0.437. The molecule has 0 radical (unpaired) electrons. The van der Waals surface area contributed by atoms with Gasteiger partial charge in [0.25, 0.3) is 11.8 Å². The summed E-state index contributed by atoms with van der Waals surface area (Å²) in [6.45, 7) is 7.18. The van der Waals surface area contributed by atoms with Crippen LogP contribution in [0, 0.1) is 13.8 Å². The second kappa shape index (κ2) is 10.3. The molecule has 3 N–H and O–H groups in total. The first kappa shape index (κ1) is 26.2. The number of pyridine rings is 1. The largest absolute Gasteiger partial charge is 0.384 e. The lowest BCUT2D eigenvalue weighted by Crippen LogP contribution is -2.48. The Balaban J connectivity index is 1.05. The third-order valence-electron chi connectivity index (χ3n) is 8.77. The van der Waals surface area contributed by atoms with Gasteiger partial charge in [-0.2, -0.15) is 0 Å². The monoisotopic (exact) mass is 559 g/mol. The van der Waals surface area contributed by atoms with Crippen molar-refractivity contribution in [2.45, 2.75) is 32.6 Å². The topological polar surface area (TPSA) is 101 Å². The minimum atomic E-state index is -0.195. The Hall–Kier alpha value is -4.69. The summed E-state index contributed by atoms with van der Waals surface area (Å²) in [6.07, 6.45) is -0.308. The maximum absolute atomic E-state index is 13.2. The smallest absolute Gasteiger partial charge is 0.253 e. The summed E-state index contributed by atoms with van der Waals surface area (Å²) in [6, 6.07) is 23.7. The Kier molecular flexibility index (Phi) is 6.43. The number of nitrogens with one attached hydrogen (secondary N) is 1. The molecule has 8 heteroatoms. The van der Waals surface area contributed by atoms with E-state index in [1.165, 1.54) is 5.56 Å². The number of piperazine rings is 1. The van der Waals surface area contributed by atoms with Gasteiger partial charge in [-0.05, 0) is 89.7 Å². The second-order valence-electron chi connectivity index (χ2n) is 11.3. The molecule has 1 aromatic heterocycles. The highest BCUT2D eigenvalue weighted by Gasteiger charge is 2.43. The van der Waals surface area contributed by atoms with Crippen molar-refractivity contribution in [1.29, 1.82) is 0 Å². The van der Waals surface area contributed by atoms with Gasteiger partial charge in [0, 0.05) is 55.2 Å². The average Bonchev–Trinajstić information content (AvgIpc) is 3.57. The van der Waals surface area contributed by atoms with Crippen molar-refractivity contribution in [3.05, 3.63) is 123 Å². The molecule has 42 heavy (non-hydrogen) atoms. The maximum Gasteiger partial charge on any atom is 0.253 e. The lowest BCUT2D eigenvalue weighted by Gasteiger charge is -2.36. The van der Waals surface area contributed by atoms with E-state index < -0.39 is 0 Å². The normalized spacial score (nSPS) is 18.5. The van der Waals surface area contributed by atoms with E-state index >= 15 is 0 Å². The average molecular weight is 560 g/mol. The minimum Gasteiger partial charge on any atom is -0.384 e. The van der Waals surface area contributed by atoms with Crippen LogP contribution in [-0.2, 0) is 11.3 Å². The van der Waals surface area contributed by atoms with Crippen LogP contribution >= 0.6 is 0 Å². The lowest BCUT2D eigenvalue weighted by atomic mass is 9.85. The van der Waals surface area contributed by atoms with Crippen LogP contribution < -0.4 is 16.0 Å². The number of nitrogens with two attached hydrogens (primary N) is 1. The molecule has 1 fully saturated rings. The van der Waals surface area contributed by atoms with E-state index in [2.05, 4.69) is 33.4 Å². The zero-order chi connectivity index (χ0) is 29.0. The van der Waals surface area contributed by atoms with E-state index in [1.54, 1.807) is 0 Å². The third-order valence-corrected chi connectivity index (χ3v) is 8.77. The van der Waals surface area contributed by atoms with E-state index in [0.717, 1.165) is 57.9 Å². The number of rotatable bonds is 5. The van der Waals surface area contributed by atoms with E-state index in [0.29, 0.717) is 31.0 Å². The summed E-state index contributed by atoms with van der Waals surface area (Å²) in [5, 5.41) is 3.05. The molecule has 4 heterocycles. The van der Waals surface area contributed by atoms with Gasteiger partial charge in [-0.25, -0.2) is 4.98 Å². The Morgan fingerprint density at radius 2 is 1.55 bits per heavy atom. The van der Waals surface area contributed by atoms with Gasteiger partial charge in [-0.15, -0.1) is 0 Å². The van der Waals surface area contributed by atoms with Gasteiger partial charge >= 0.3 is 0 Å². The zero-order valence-electron chi connectivity index (χ0n) is 23.8. The lowest BCUT2D eigenvalue weighted by molar-refractivity contribution is 0.0746. The number of nitrogen functional groups attached to an aromatic ring is 1. The van der Waals surface area contributed by atoms with Crippen molar-refractivity contribution < 1.29 is 14.3 Å². The van der Waals surface area contributed by atoms with E-state index in [9.17, 15) is 9.59 Å². The number of nitrogens with zero attached hydrogens (tertiary/aromatic N) is 3. The maximum atomic E-state index is 13.2. The van der Waals surface area contributed by atoms with Crippen molar-refractivity contribution in [2.75, 3.05) is 36.8 Å². The molecule has 0 aliphatic carbocycles. The number of fused-ring (bicyclic) bond motifs is 8. The quantitative estimate of drug-likeness (QED) is 0.368. The van der Waals surface area contributed by atoms with Crippen LogP contribution in [0.3, 0.4) is 0 Å². The Morgan fingerprint density at radius 3 is 2.29 bits per heavy atom. The van der Waals surface area contributed by atoms with Gasteiger partial charge in [0.15, 0.2) is 0 Å². The van der Waals surface area contributed by atoms with Crippen LogP contribution in [0.25, 0.3) is 0 Å². The first-order chi connectivity index (χ1) is 20.4. The molecule has 4 aromatic rings. The Morgan fingerprint density at radius 1 is 0.857 bits per heavy atom. The van der Waals surface area contributed by atoms with Crippen molar-refractivity contribution in [3.8, 4) is 0 Å². The number of anilines is 2. The summed E-state index contributed by atoms with van der Waals surface area (Å²) in [4.78, 5) is 34.6. The molecule has 0 saturated carbocycles. The Bertz CT molecular complexity index is 1690. The fourth-order valence-electron chi connectivity index (χ4n) is 6.53. The van der Waals surface area contributed by atoms with Crippen molar-refractivity contribution in [3.63, 3.8) is 0 Å². The van der Waals surface area contributed by atoms with Gasteiger partial charge in [0.05, 0.1) is 0 Å². The van der Waals surface area contributed by atoms with Crippen LogP contribution in [0.2, 0.25) is 0 Å². The van der Waals surface area contributed by atoms with Gasteiger partial charge in [0.1, 0.15) is 18.0 Å². The predicted molar refractivity (Wildman–Crippen MR) is 162 cm³/mol. The number of hydrogen-bond donors (Lipinski definition) is 2. The second-order valence-corrected chi connectivity index (χ2v) is 11.3. The number of amides is 2. The van der Waals surface area contributed by atoms with Crippen LogP contribution in [0.15, 0.2) is 72.8 Å². The first-order valence-corrected chi connectivity index (χ1v) is 14.4. The zero-order valence-corrected chi connectivity index (χ0v) is 23.8. The minimum absolute atomic E-state index is 0.0850. The molecule has 3 aromatic carbocycles. The highest BCUT2D eigenvalue weighted by atomic mass is 16.5. The Labute approximate surface area is 245 Å². The summed E-state index contributed by atoms with van der Waals surface area (Å²) in [7, 11) is 0. The molecular formula is C34H33N5O3. The van der Waals surface area contributed by atoms with Gasteiger partial charge in [-0.1, -0.05) is 30.3 Å². The number of carbonyl (C=O) groups is 2. The van der Waals surface area contributed by atoms with Crippen molar-refractivity contribution in [2.24, 2.45) is 0 Å². The third kappa shape index (κ3) is 4.48. The van der Waals surface area contributed by atoms with Crippen molar-refractivity contribution >= 4 is 23.3 Å². The number of benzene rings is 3.